The van der Waals surface area contributed by atoms with Gasteiger partial charge < -0.3 is 29.0 Å². The minimum absolute atomic E-state index is 0.0248. The number of aromatic nitrogens is 6. The molecule has 1 atom stereocenters. The molecule has 0 radical (unpaired) electrons. The van der Waals surface area contributed by atoms with Crippen molar-refractivity contribution in [2.24, 2.45) is 0 Å². The number of nitrogens with zero attached hydrogens (tertiary/aromatic N) is 7. The van der Waals surface area contributed by atoms with Gasteiger partial charge in [-0.25, -0.2) is 9.97 Å². The molecular formula is C41H42ClF3N8O6. The van der Waals surface area contributed by atoms with Crippen LogP contribution in [0.3, 0.4) is 0 Å². The van der Waals surface area contributed by atoms with Crippen molar-refractivity contribution < 1.29 is 37.0 Å². The molecule has 3 aliphatic rings. The molecule has 8 rings (SSSR count). The fourth-order valence-electron chi connectivity index (χ4n) is 7.63. The molecule has 310 valence electrons. The van der Waals surface area contributed by atoms with E-state index in [0.29, 0.717) is 36.8 Å². The highest BCUT2D eigenvalue weighted by molar-refractivity contribution is 6.33. The van der Waals surface area contributed by atoms with E-state index in [9.17, 15) is 27.6 Å². The SMILES string of the molecule is CC.Cc1ncnc(C(=O)N2CCC3(CC2)OC(C)c2c3c(=O)n3nc(C4=CCOCC4)nc3n2CC(=O)Nc2ccc(C(F)(F)F)cc2Cl)c1OCc1ccccc1. The quantitative estimate of drug-likeness (QED) is 0.174. The van der Waals surface area contributed by atoms with Gasteiger partial charge in [0.1, 0.15) is 25.1 Å². The number of halogens is 4. The van der Waals surface area contributed by atoms with E-state index in [2.05, 4.69) is 20.4 Å². The first-order chi connectivity index (χ1) is 28.3. The summed E-state index contributed by atoms with van der Waals surface area (Å²) in [6, 6.07) is 12.2. The predicted molar refractivity (Wildman–Crippen MR) is 211 cm³/mol. The van der Waals surface area contributed by atoms with E-state index >= 15 is 0 Å². The molecule has 1 spiro atoms. The summed E-state index contributed by atoms with van der Waals surface area (Å²) in [4.78, 5) is 57.1. The van der Waals surface area contributed by atoms with Gasteiger partial charge in [0.15, 0.2) is 17.3 Å². The van der Waals surface area contributed by atoms with Gasteiger partial charge in [-0.2, -0.15) is 22.7 Å². The Labute approximate surface area is 342 Å². The van der Waals surface area contributed by atoms with Crippen LogP contribution >= 0.6 is 11.6 Å². The molecule has 0 aliphatic carbocycles. The van der Waals surface area contributed by atoms with Crippen LogP contribution in [-0.4, -0.2) is 72.2 Å². The second-order valence-corrected chi connectivity index (χ2v) is 14.5. The maximum Gasteiger partial charge on any atom is 0.416 e. The van der Waals surface area contributed by atoms with E-state index in [4.69, 9.17) is 30.8 Å². The average Bonchev–Trinajstić information content (AvgIpc) is 3.81. The van der Waals surface area contributed by atoms with Crippen LogP contribution in [0.25, 0.3) is 11.4 Å². The van der Waals surface area contributed by atoms with E-state index in [-0.39, 0.29) is 71.9 Å². The average molecular weight is 835 g/mol. The van der Waals surface area contributed by atoms with Crippen LogP contribution < -0.4 is 15.6 Å². The highest BCUT2D eigenvalue weighted by Gasteiger charge is 2.51. The molecule has 1 saturated heterocycles. The van der Waals surface area contributed by atoms with Crippen LogP contribution in [0.5, 0.6) is 5.75 Å². The van der Waals surface area contributed by atoms with Gasteiger partial charge >= 0.3 is 6.18 Å². The summed E-state index contributed by atoms with van der Waals surface area (Å²) >= 11 is 6.16. The van der Waals surface area contributed by atoms with Gasteiger partial charge in [0, 0.05) is 13.1 Å². The highest BCUT2D eigenvalue weighted by Crippen LogP contribution is 2.48. The number of piperidine rings is 1. The monoisotopic (exact) mass is 834 g/mol. The first kappa shape index (κ1) is 41.5. The first-order valence-electron chi connectivity index (χ1n) is 19.3. The summed E-state index contributed by atoms with van der Waals surface area (Å²) in [6.45, 7) is 8.51. The second-order valence-electron chi connectivity index (χ2n) is 14.1. The van der Waals surface area contributed by atoms with Crippen LogP contribution in [0.1, 0.15) is 90.5 Å². The zero-order valence-corrected chi connectivity index (χ0v) is 33.6. The van der Waals surface area contributed by atoms with Gasteiger partial charge in [0.2, 0.25) is 11.7 Å². The number of rotatable bonds is 8. The van der Waals surface area contributed by atoms with Crippen LogP contribution in [0.4, 0.5) is 18.9 Å². The van der Waals surface area contributed by atoms with E-state index in [0.717, 1.165) is 33.9 Å². The zero-order chi connectivity index (χ0) is 42.1. The number of hydrogen-bond acceptors (Lipinski definition) is 10. The third-order valence-corrected chi connectivity index (χ3v) is 10.7. The summed E-state index contributed by atoms with van der Waals surface area (Å²) in [5.41, 5.74) is 0.407. The van der Waals surface area contributed by atoms with E-state index in [1.54, 1.807) is 23.3 Å². The van der Waals surface area contributed by atoms with Crippen molar-refractivity contribution in [2.75, 3.05) is 31.6 Å². The lowest BCUT2D eigenvalue weighted by molar-refractivity contribution is -0.137. The summed E-state index contributed by atoms with van der Waals surface area (Å²) < 4.78 is 60.7. The molecule has 0 saturated carbocycles. The van der Waals surface area contributed by atoms with E-state index in [1.165, 1.54) is 6.33 Å². The first-order valence-corrected chi connectivity index (χ1v) is 19.6. The number of aryl methyl sites for hydroxylation is 1. The smallest absolute Gasteiger partial charge is 0.416 e. The molecule has 18 heteroatoms. The number of likely N-dealkylation sites (tertiary alicyclic amines) is 1. The fraction of sp³-hybridized carbons (Fsp3) is 0.390. The molecule has 2 aromatic carbocycles. The summed E-state index contributed by atoms with van der Waals surface area (Å²) in [7, 11) is 0. The van der Waals surface area contributed by atoms with Crippen LogP contribution in [0, 0.1) is 6.92 Å². The number of nitrogens with one attached hydrogen (secondary N) is 1. The number of alkyl halides is 3. The Bertz CT molecular complexity index is 2480. The number of carbonyl (C=O) groups excluding carboxylic acids is 2. The summed E-state index contributed by atoms with van der Waals surface area (Å²) in [6.07, 6.45) is -1.19. The van der Waals surface area contributed by atoms with Gasteiger partial charge in [-0.05, 0) is 62.4 Å². The normalized spacial score (nSPS) is 17.3. The number of anilines is 1. The second kappa shape index (κ2) is 16.9. The lowest BCUT2D eigenvalue weighted by Gasteiger charge is -2.39. The van der Waals surface area contributed by atoms with Gasteiger partial charge in [-0.3, -0.25) is 14.4 Å². The molecule has 1 fully saturated rings. The maximum atomic E-state index is 14.5. The Morgan fingerprint density at radius 1 is 1.08 bits per heavy atom. The molecule has 3 aliphatic heterocycles. The lowest BCUT2D eigenvalue weighted by atomic mass is 9.85. The Kier molecular flexibility index (Phi) is 11.9. The molecule has 5 aromatic rings. The minimum Gasteiger partial charge on any atom is -0.485 e. The van der Waals surface area contributed by atoms with Crippen LogP contribution in [0.2, 0.25) is 5.02 Å². The Morgan fingerprint density at radius 3 is 2.51 bits per heavy atom. The number of benzene rings is 2. The molecule has 1 N–H and O–H groups in total. The molecule has 59 heavy (non-hydrogen) atoms. The number of amides is 2. The largest absolute Gasteiger partial charge is 0.485 e. The number of carbonyl (C=O) groups is 2. The van der Waals surface area contributed by atoms with Crippen molar-refractivity contribution in [3.05, 3.63) is 116 Å². The Morgan fingerprint density at radius 2 is 1.83 bits per heavy atom. The summed E-state index contributed by atoms with van der Waals surface area (Å²) in [5, 5.41) is 6.89. The molecule has 14 nitrogen and oxygen atoms in total. The predicted octanol–water partition coefficient (Wildman–Crippen LogP) is 6.93. The van der Waals surface area contributed by atoms with Gasteiger partial charge in [0.05, 0.1) is 52.5 Å². The molecule has 3 aromatic heterocycles. The fourth-order valence-corrected chi connectivity index (χ4v) is 7.86. The molecule has 0 bridgehead atoms. The van der Waals surface area contributed by atoms with Gasteiger partial charge in [0.25, 0.3) is 11.5 Å². The topological polar surface area (TPSA) is 155 Å². The standard InChI is InChI=1S/C39H36ClF3N8O6.C2H6/c1-22-33(56-20-24-6-4-3-5-7-24)31(45-21-44-22)36(54)49-14-12-38(13-15-49)30-32(23(2)57-38)50(19-29(52)46-28-9-8-26(18-27(28)40)39(41,42)43)37-47-34(48-51(37)35(30)53)25-10-16-55-17-11-25;1-2/h3-10,18,21,23H,11-17,19-20H2,1-2H3,(H,46,52);1-2H3. The van der Waals surface area contributed by atoms with Crippen molar-refractivity contribution >= 4 is 40.5 Å². The minimum atomic E-state index is -4.62. The molecule has 2 amide bonds. The highest BCUT2D eigenvalue weighted by atomic mass is 35.5. The van der Waals surface area contributed by atoms with Crippen molar-refractivity contribution in [1.29, 1.82) is 0 Å². The number of hydrogen-bond donors (Lipinski definition) is 1. The number of ether oxygens (including phenoxy) is 3. The Hall–Kier alpha value is -5.65. The molecule has 6 heterocycles. The zero-order valence-electron chi connectivity index (χ0n) is 32.8. The van der Waals surface area contributed by atoms with Crippen molar-refractivity contribution in [2.45, 2.75) is 78.0 Å². The summed E-state index contributed by atoms with van der Waals surface area (Å²) in [5.74, 6) is -0.338. The molecule has 1 unspecified atom stereocenters. The van der Waals surface area contributed by atoms with Gasteiger partial charge in [-0.15, -0.1) is 5.10 Å². The van der Waals surface area contributed by atoms with Crippen molar-refractivity contribution in [3.63, 3.8) is 0 Å². The van der Waals surface area contributed by atoms with Crippen molar-refractivity contribution in [3.8, 4) is 5.75 Å². The van der Waals surface area contributed by atoms with Crippen LogP contribution in [0.15, 0.2) is 65.7 Å². The lowest BCUT2D eigenvalue weighted by Crippen LogP contribution is -2.47. The molecular weight excluding hydrogens is 793 g/mol. The van der Waals surface area contributed by atoms with Crippen molar-refractivity contribution in [1.82, 2.24) is 34.0 Å². The van der Waals surface area contributed by atoms with Crippen LogP contribution in [-0.2, 0) is 39.2 Å². The number of fused-ring (bicyclic) bond motifs is 3. The third kappa shape index (κ3) is 8.18. The third-order valence-electron chi connectivity index (χ3n) is 10.4. The Balaban J connectivity index is 0.00000260. The van der Waals surface area contributed by atoms with Gasteiger partial charge in [-0.1, -0.05) is 61.9 Å². The van der Waals surface area contributed by atoms with E-state index in [1.807, 2.05) is 50.3 Å². The maximum absolute atomic E-state index is 14.5. The van der Waals surface area contributed by atoms with E-state index < -0.39 is 41.5 Å².